The molecule has 3 heteroatoms. The van der Waals surface area contributed by atoms with E-state index in [0.29, 0.717) is 5.46 Å². The van der Waals surface area contributed by atoms with Crippen molar-refractivity contribution in [3.63, 3.8) is 0 Å². The zero-order chi connectivity index (χ0) is 19.1. The molecule has 5 rings (SSSR count). The Balaban J connectivity index is 1.94. The van der Waals surface area contributed by atoms with Gasteiger partial charge in [0.25, 0.3) is 0 Å². The summed E-state index contributed by atoms with van der Waals surface area (Å²) in [5, 5.41) is 19.6. The highest BCUT2D eigenvalue weighted by atomic mass is 16.4. The van der Waals surface area contributed by atoms with Crippen LogP contribution < -0.4 is 5.46 Å². The summed E-state index contributed by atoms with van der Waals surface area (Å²) in [6.07, 6.45) is 0. The molecule has 0 amide bonds. The van der Waals surface area contributed by atoms with Gasteiger partial charge in [0.15, 0.2) is 0 Å². The molecule has 134 valence electrons. The van der Waals surface area contributed by atoms with Gasteiger partial charge >= 0.3 is 7.12 Å². The van der Waals surface area contributed by atoms with Crippen molar-refractivity contribution < 1.29 is 10.0 Å². The molecule has 2 nitrogen and oxygen atoms in total. The average molecular weight is 362 g/mol. The lowest BCUT2D eigenvalue weighted by atomic mass is 9.66. The molecule has 0 spiro atoms. The molecule has 2 N–H and O–H groups in total. The van der Waals surface area contributed by atoms with Crippen LogP contribution in [0, 0.1) is 0 Å². The van der Waals surface area contributed by atoms with Crippen molar-refractivity contribution in [2.24, 2.45) is 0 Å². The fourth-order valence-corrected chi connectivity index (χ4v) is 4.64. The topological polar surface area (TPSA) is 40.5 Å². The van der Waals surface area contributed by atoms with Crippen molar-refractivity contribution in [3.05, 3.63) is 125 Å². The summed E-state index contributed by atoms with van der Waals surface area (Å²) in [6.45, 7) is 0. The van der Waals surface area contributed by atoms with E-state index in [-0.39, 0.29) is 0 Å². The molecule has 0 saturated carbocycles. The summed E-state index contributed by atoms with van der Waals surface area (Å²) >= 11 is 0. The van der Waals surface area contributed by atoms with E-state index in [2.05, 4.69) is 78.9 Å². The summed E-state index contributed by atoms with van der Waals surface area (Å²) in [4.78, 5) is 0. The summed E-state index contributed by atoms with van der Waals surface area (Å²) < 4.78 is 0. The van der Waals surface area contributed by atoms with E-state index in [9.17, 15) is 10.0 Å². The fourth-order valence-electron chi connectivity index (χ4n) is 4.64. The minimum Gasteiger partial charge on any atom is -0.423 e. The highest BCUT2D eigenvalue weighted by Gasteiger charge is 2.45. The van der Waals surface area contributed by atoms with Gasteiger partial charge in [0.1, 0.15) is 0 Å². The van der Waals surface area contributed by atoms with Gasteiger partial charge in [-0.1, -0.05) is 103 Å². The summed E-state index contributed by atoms with van der Waals surface area (Å²) in [5.41, 5.74) is 7.06. The molecule has 1 aliphatic rings. The lowest BCUT2D eigenvalue weighted by Crippen LogP contribution is -2.34. The van der Waals surface area contributed by atoms with Crippen molar-refractivity contribution in [1.82, 2.24) is 0 Å². The third kappa shape index (κ3) is 2.30. The van der Waals surface area contributed by atoms with Crippen LogP contribution in [0.5, 0.6) is 0 Å². The number of benzene rings is 4. The zero-order valence-electron chi connectivity index (χ0n) is 15.3. The van der Waals surface area contributed by atoms with Crippen molar-refractivity contribution in [2.45, 2.75) is 5.41 Å². The average Bonchev–Trinajstić information content (AvgIpc) is 3.06. The number of rotatable bonds is 3. The fraction of sp³-hybridized carbons (Fsp3) is 0.0400. The molecule has 4 aromatic rings. The quantitative estimate of drug-likeness (QED) is 0.480. The summed E-state index contributed by atoms with van der Waals surface area (Å²) in [7, 11) is -1.50. The number of hydrogen-bond donors (Lipinski definition) is 2. The molecule has 0 atom stereocenters. The first-order valence-electron chi connectivity index (χ1n) is 9.44. The number of hydrogen-bond acceptors (Lipinski definition) is 2. The predicted octanol–water partition coefficient (Wildman–Crippen LogP) is 3.73. The van der Waals surface area contributed by atoms with Crippen LogP contribution in [0.15, 0.2) is 103 Å². The van der Waals surface area contributed by atoms with Crippen molar-refractivity contribution in [3.8, 4) is 11.1 Å². The van der Waals surface area contributed by atoms with Crippen LogP contribution in [-0.2, 0) is 5.41 Å². The number of fused-ring (bicyclic) bond motifs is 3. The molecule has 0 aliphatic heterocycles. The molecule has 0 heterocycles. The first-order valence-corrected chi connectivity index (χ1v) is 9.44. The van der Waals surface area contributed by atoms with Crippen LogP contribution in [-0.4, -0.2) is 17.2 Å². The molecule has 0 saturated heterocycles. The van der Waals surface area contributed by atoms with Gasteiger partial charge in [0.05, 0.1) is 5.41 Å². The summed E-state index contributed by atoms with van der Waals surface area (Å²) in [5.74, 6) is 0. The van der Waals surface area contributed by atoms with E-state index in [0.717, 1.165) is 11.1 Å². The zero-order valence-corrected chi connectivity index (χ0v) is 15.3. The van der Waals surface area contributed by atoms with Crippen LogP contribution >= 0.6 is 0 Å². The lowest BCUT2D eigenvalue weighted by Gasteiger charge is -2.34. The Bertz CT molecular complexity index is 1110. The third-order valence-corrected chi connectivity index (χ3v) is 5.78. The second kappa shape index (κ2) is 6.48. The van der Waals surface area contributed by atoms with Gasteiger partial charge in [0.2, 0.25) is 0 Å². The van der Waals surface area contributed by atoms with Crippen LogP contribution in [0.2, 0.25) is 0 Å². The molecule has 0 bridgehead atoms. The minimum atomic E-state index is -1.50. The van der Waals surface area contributed by atoms with Crippen LogP contribution in [0.4, 0.5) is 0 Å². The van der Waals surface area contributed by atoms with Gasteiger partial charge in [-0.2, -0.15) is 0 Å². The highest BCUT2D eigenvalue weighted by molar-refractivity contribution is 6.58. The Morgan fingerprint density at radius 1 is 0.536 bits per heavy atom. The standard InChI is InChI=1S/C25H19BO2/c27-26(28)20-12-8-11-19(17-20)25(18-9-2-1-3-10-18)23-15-6-4-13-21(23)22-14-5-7-16-24(22)25/h1-17,27-28H. The molecule has 28 heavy (non-hydrogen) atoms. The Morgan fingerprint density at radius 2 is 1.07 bits per heavy atom. The molecule has 4 aromatic carbocycles. The van der Waals surface area contributed by atoms with Gasteiger partial charge < -0.3 is 10.0 Å². The Labute approximate surface area is 164 Å². The Kier molecular flexibility index (Phi) is 3.94. The van der Waals surface area contributed by atoms with E-state index in [1.165, 1.54) is 22.3 Å². The van der Waals surface area contributed by atoms with Gasteiger partial charge in [0, 0.05) is 0 Å². The van der Waals surface area contributed by atoms with E-state index >= 15 is 0 Å². The van der Waals surface area contributed by atoms with Gasteiger partial charge in [-0.15, -0.1) is 0 Å². The lowest BCUT2D eigenvalue weighted by molar-refractivity contribution is 0.425. The minimum absolute atomic E-state index is 0.495. The first kappa shape index (κ1) is 17.0. The molecular formula is C25H19BO2. The summed E-state index contributed by atoms with van der Waals surface area (Å²) in [6, 6.07) is 35.1. The molecule has 0 unspecified atom stereocenters. The largest absolute Gasteiger partial charge is 0.488 e. The third-order valence-electron chi connectivity index (χ3n) is 5.78. The second-order valence-electron chi connectivity index (χ2n) is 7.21. The van der Waals surface area contributed by atoms with E-state index in [1.807, 2.05) is 18.2 Å². The SMILES string of the molecule is OB(O)c1cccc(C2(c3ccccc3)c3ccccc3-c3ccccc32)c1. The molecule has 0 aromatic heterocycles. The van der Waals surface area contributed by atoms with Gasteiger partial charge in [-0.05, 0) is 38.8 Å². The molecule has 0 fully saturated rings. The first-order chi connectivity index (χ1) is 13.7. The van der Waals surface area contributed by atoms with Crippen molar-refractivity contribution in [2.75, 3.05) is 0 Å². The van der Waals surface area contributed by atoms with Crippen molar-refractivity contribution in [1.29, 1.82) is 0 Å². The maximum Gasteiger partial charge on any atom is 0.488 e. The van der Waals surface area contributed by atoms with Crippen LogP contribution in [0.25, 0.3) is 11.1 Å². The Hall–Kier alpha value is -3.14. The van der Waals surface area contributed by atoms with Crippen LogP contribution in [0.3, 0.4) is 0 Å². The second-order valence-corrected chi connectivity index (χ2v) is 7.21. The Morgan fingerprint density at radius 3 is 1.68 bits per heavy atom. The maximum absolute atomic E-state index is 9.79. The molecular weight excluding hydrogens is 343 g/mol. The molecule has 0 radical (unpaired) electrons. The molecule has 1 aliphatic carbocycles. The smallest absolute Gasteiger partial charge is 0.423 e. The van der Waals surface area contributed by atoms with Gasteiger partial charge in [-0.3, -0.25) is 0 Å². The van der Waals surface area contributed by atoms with Gasteiger partial charge in [-0.25, -0.2) is 0 Å². The highest BCUT2D eigenvalue weighted by Crippen LogP contribution is 2.55. The van der Waals surface area contributed by atoms with E-state index < -0.39 is 12.5 Å². The maximum atomic E-state index is 9.79. The monoisotopic (exact) mass is 362 g/mol. The normalized spacial score (nSPS) is 13.6. The van der Waals surface area contributed by atoms with E-state index in [1.54, 1.807) is 6.07 Å². The predicted molar refractivity (Wildman–Crippen MR) is 114 cm³/mol. The van der Waals surface area contributed by atoms with E-state index in [4.69, 9.17) is 0 Å². The van der Waals surface area contributed by atoms with Crippen LogP contribution in [0.1, 0.15) is 22.3 Å². The van der Waals surface area contributed by atoms with Crippen molar-refractivity contribution >= 4 is 12.6 Å².